The van der Waals surface area contributed by atoms with E-state index in [-0.39, 0.29) is 0 Å². The van der Waals surface area contributed by atoms with E-state index in [4.69, 9.17) is 31.6 Å². The maximum absolute atomic E-state index is 6.88. The summed E-state index contributed by atoms with van der Waals surface area (Å²) in [7, 11) is 0. The van der Waals surface area contributed by atoms with Gasteiger partial charge in [0.2, 0.25) is 0 Å². The third-order valence-electron chi connectivity index (χ3n) is 0. The molecule has 6 heteroatoms. The van der Waals surface area contributed by atoms with E-state index < -0.39 is 0 Å². The van der Waals surface area contributed by atoms with Gasteiger partial charge in [-0.3, -0.25) is 0 Å². The largest absolute Gasteiger partial charge is 0.443 e. The fraction of sp³-hybridized carbons (Fsp3) is 0. The predicted molar refractivity (Wildman–Crippen MR) is 25.5 cm³/mol. The van der Waals surface area contributed by atoms with Crippen LogP contribution in [-0.2, 0) is 0 Å². The standard InChI is InChI=1S/CH2N2.2CHNO/c3*2-1-3/h2-3H;2*3H. The first-order chi connectivity index (χ1) is 4.24. The first-order valence-electron chi connectivity index (χ1n) is 1.39. The Hall–Kier alpha value is -2.04. The monoisotopic (exact) mass is 128 g/mol. The highest BCUT2D eigenvalue weighted by Gasteiger charge is 1.16. The number of nitrogens with one attached hydrogen (secondary N) is 2. The second-order valence-corrected chi connectivity index (χ2v) is 0.325. The summed E-state index contributed by atoms with van der Waals surface area (Å²) >= 11 is 0. The normalized spacial score (nSPS) is 2.44. The number of hydrogen-bond donors (Lipinski definition) is 4. The minimum absolute atomic E-state index is 0.750. The summed E-state index contributed by atoms with van der Waals surface area (Å²) in [4.78, 5) is 0. The summed E-state index contributed by atoms with van der Waals surface area (Å²) in [5, 5.41) is 38.8. The van der Waals surface area contributed by atoms with E-state index >= 15 is 0 Å². The first kappa shape index (κ1) is 15.8. The molecule has 6 nitrogen and oxygen atoms in total. The molecule has 0 bridgehead atoms. The Balaban J connectivity index is -0.0000000600. The van der Waals surface area contributed by atoms with Gasteiger partial charge in [-0.05, 0) is 0 Å². The Morgan fingerprint density at radius 1 is 1.00 bits per heavy atom. The lowest BCUT2D eigenvalue weighted by Gasteiger charge is -1.25. The van der Waals surface area contributed by atoms with Crippen LogP contribution in [0.5, 0.6) is 0 Å². The van der Waals surface area contributed by atoms with Crippen molar-refractivity contribution in [3.05, 3.63) is 0 Å². The molecule has 0 rings (SSSR count). The predicted octanol–water partition coefficient (Wildman–Crippen LogP) is -0.00220. The molecule has 9 heavy (non-hydrogen) atoms. The van der Waals surface area contributed by atoms with Gasteiger partial charge in [-0.1, -0.05) is 0 Å². The van der Waals surface area contributed by atoms with E-state index in [2.05, 4.69) is 0 Å². The zero-order chi connectivity index (χ0) is 8.12. The average Bonchev–Trinajstić information content (AvgIpc) is 1.70. The van der Waals surface area contributed by atoms with E-state index in [1.165, 1.54) is 6.01 Å². The van der Waals surface area contributed by atoms with Gasteiger partial charge in [-0.2, -0.15) is 10.5 Å². The van der Waals surface area contributed by atoms with Crippen molar-refractivity contribution in [3.8, 4) is 12.5 Å². The van der Waals surface area contributed by atoms with Gasteiger partial charge in [0, 0.05) is 0 Å². The van der Waals surface area contributed by atoms with Crippen LogP contribution >= 0.6 is 0 Å². The maximum atomic E-state index is 6.88. The van der Waals surface area contributed by atoms with Crippen molar-refractivity contribution in [1.82, 2.24) is 0 Å². The van der Waals surface area contributed by atoms with Gasteiger partial charge in [-0.15, -0.1) is 0 Å². The van der Waals surface area contributed by atoms with Crippen molar-refractivity contribution < 1.29 is 10.2 Å². The Kier molecular flexibility index (Phi) is 279. The summed E-state index contributed by atoms with van der Waals surface area (Å²) in [6, 6.07) is 1.25. The fourth-order valence-corrected chi connectivity index (χ4v) is 0. The molecule has 0 fully saturated rings. The van der Waals surface area contributed by atoms with Crippen molar-refractivity contribution in [2.75, 3.05) is 0 Å². The number of aliphatic hydroxyl groups is 2. The van der Waals surface area contributed by atoms with Crippen molar-refractivity contribution >= 4 is 6.01 Å². The molecule has 0 aliphatic carbocycles. The van der Waals surface area contributed by atoms with Crippen molar-refractivity contribution in [1.29, 1.82) is 21.3 Å². The Labute approximate surface area is 51.2 Å². The summed E-state index contributed by atoms with van der Waals surface area (Å²) in [6.07, 6.45) is 1.50. The number of rotatable bonds is 0. The molecular formula is C3H4N4O2. The van der Waals surface area contributed by atoms with Crippen molar-refractivity contribution in [3.63, 3.8) is 0 Å². The molecule has 0 aromatic heterocycles. The summed E-state index contributed by atoms with van der Waals surface area (Å²) in [6.45, 7) is 0. The van der Waals surface area contributed by atoms with Crippen LogP contribution in [0.3, 0.4) is 0 Å². The Morgan fingerprint density at radius 3 is 1.00 bits per heavy atom. The molecule has 0 spiro atoms. The molecular weight excluding hydrogens is 124 g/mol. The van der Waals surface area contributed by atoms with Crippen LogP contribution in [0.1, 0.15) is 0 Å². The number of hydrogen-bond acceptors (Lipinski definition) is 6. The summed E-state index contributed by atoms with van der Waals surface area (Å²) in [5.74, 6) is 0. The van der Waals surface area contributed by atoms with Crippen LogP contribution in [0, 0.1) is 33.9 Å². The highest BCUT2D eigenvalue weighted by Crippen LogP contribution is 1.06. The summed E-state index contributed by atoms with van der Waals surface area (Å²) in [5.41, 5.74) is 0. The molecule has 0 saturated heterocycles. The van der Waals surface area contributed by atoms with Gasteiger partial charge < -0.3 is 10.2 Å². The molecule has 48 valence electrons. The average molecular weight is 128 g/mol. The summed E-state index contributed by atoms with van der Waals surface area (Å²) < 4.78 is 0. The number of aliphatic hydroxyl groups excluding tert-OH is 2. The van der Waals surface area contributed by atoms with Gasteiger partial charge >= 0.3 is 0 Å². The fourth-order valence-electron chi connectivity index (χ4n) is 0. The van der Waals surface area contributed by atoms with Gasteiger partial charge in [0.15, 0.2) is 0 Å². The van der Waals surface area contributed by atoms with Gasteiger partial charge in [-0.25, -0.2) is 10.8 Å². The van der Waals surface area contributed by atoms with Crippen molar-refractivity contribution in [2.45, 2.75) is 0 Å². The zero-order valence-corrected chi connectivity index (χ0v) is 4.29. The topological polar surface area (TPSA) is 136 Å². The van der Waals surface area contributed by atoms with Crippen molar-refractivity contribution in [2.24, 2.45) is 0 Å². The third kappa shape index (κ3) is 22.5. The Morgan fingerprint density at radius 2 is 1.00 bits per heavy atom. The quantitative estimate of drug-likeness (QED) is 0.269. The van der Waals surface area contributed by atoms with E-state index in [0.717, 1.165) is 12.5 Å². The van der Waals surface area contributed by atoms with Crippen LogP contribution in [-0.4, -0.2) is 16.2 Å². The van der Waals surface area contributed by atoms with Crippen LogP contribution in [0.15, 0.2) is 0 Å². The van der Waals surface area contributed by atoms with Crippen LogP contribution in [0.25, 0.3) is 0 Å². The SMILES string of the molecule is N#CO.N#CO.N=C=N. The van der Waals surface area contributed by atoms with E-state index in [1.54, 1.807) is 0 Å². The highest BCUT2D eigenvalue weighted by molar-refractivity contribution is 5.29. The second kappa shape index (κ2) is 159. The molecule has 0 aromatic carbocycles. The number of nitrogens with zero attached hydrogens (tertiary/aromatic N) is 2. The minimum Gasteiger partial charge on any atom is -0.443 e. The van der Waals surface area contributed by atoms with E-state index in [0.29, 0.717) is 0 Å². The van der Waals surface area contributed by atoms with Gasteiger partial charge in [0.25, 0.3) is 12.5 Å². The molecule has 0 aliphatic heterocycles. The lowest BCUT2D eigenvalue weighted by Crippen LogP contribution is -1.27. The lowest BCUT2D eigenvalue weighted by atomic mass is 11.6. The van der Waals surface area contributed by atoms with Gasteiger partial charge in [0.05, 0.1) is 6.01 Å². The third-order valence-corrected chi connectivity index (χ3v) is 0. The second-order valence-electron chi connectivity index (χ2n) is 0.325. The molecule has 0 aliphatic rings. The van der Waals surface area contributed by atoms with E-state index in [1.807, 2.05) is 0 Å². The van der Waals surface area contributed by atoms with Crippen LogP contribution in [0.4, 0.5) is 0 Å². The molecule has 0 heterocycles. The molecule has 0 radical (unpaired) electrons. The van der Waals surface area contributed by atoms with Crippen LogP contribution < -0.4 is 0 Å². The molecule has 0 aromatic rings. The smallest absolute Gasteiger partial charge is 0.283 e. The zero-order valence-electron chi connectivity index (χ0n) is 4.29. The molecule has 0 atom stereocenters. The molecule has 0 unspecified atom stereocenters. The van der Waals surface area contributed by atoms with Crippen LogP contribution in [0.2, 0.25) is 0 Å². The molecule has 0 amide bonds. The lowest BCUT2D eigenvalue weighted by molar-refractivity contribution is 0.502. The first-order valence-corrected chi connectivity index (χ1v) is 1.39. The van der Waals surface area contributed by atoms with Gasteiger partial charge in [0.1, 0.15) is 0 Å². The minimum atomic E-state index is 0.750. The Bertz CT molecular complexity index is 123. The number of nitriles is 2. The molecule has 0 saturated carbocycles. The highest BCUT2D eigenvalue weighted by atomic mass is 16.2. The maximum Gasteiger partial charge on any atom is 0.283 e. The molecule has 4 N–H and O–H groups in total. The van der Waals surface area contributed by atoms with E-state index in [9.17, 15) is 0 Å².